The number of rotatable bonds is 5. The van der Waals surface area contributed by atoms with Crippen molar-refractivity contribution >= 4 is 17.2 Å². The van der Waals surface area contributed by atoms with Crippen molar-refractivity contribution in [1.82, 2.24) is 5.32 Å². The summed E-state index contributed by atoms with van der Waals surface area (Å²) in [6, 6.07) is 4.85. The lowest BCUT2D eigenvalue weighted by atomic mass is 10.1. The summed E-state index contributed by atoms with van der Waals surface area (Å²) >= 11 is 1.85. The monoisotopic (exact) mass is 251 g/mol. The molecule has 1 amide bonds. The third-order valence-corrected chi connectivity index (χ3v) is 4.75. The largest absolute Gasteiger partial charge is 0.353 e. The third kappa shape index (κ3) is 3.56. The first-order chi connectivity index (χ1) is 8.06. The number of amides is 1. The number of carbonyl (C=O) groups excluding carboxylic acids is 1. The van der Waals surface area contributed by atoms with Gasteiger partial charge in [0.15, 0.2) is 0 Å². The van der Waals surface area contributed by atoms with Gasteiger partial charge in [-0.05, 0) is 36.8 Å². The second kappa shape index (κ2) is 5.21. The van der Waals surface area contributed by atoms with Gasteiger partial charge in [0.05, 0.1) is 0 Å². The molecule has 0 radical (unpaired) electrons. The molecule has 1 unspecified atom stereocenters. The van der Waals surface area contributed by atoms with Gasteiger partial charge in [-0.25, -0.2) is 0 Å². The van der Waals surface area contributed by atoms with Crippen LogP contribution < -0.4 is 5.32 Å². The van der Waals surface area contributed by atoms with Crippen molar-refractivity contribution < 1.29 is 4.79 Å². The second-order valence-electron chi connectivity index (χ2n) is 5.34. The smallest absolute Gasteiger partial charge is 0.220 e. The van der Waals surface area contributed by atoms with Crippen LogP contribution in [0.25, 0.3) is 0 Å². The summed E-state index contributed by atoms with van der Waals surface area (Å²) < 4.78 is 0. The van der Waals surface area contributed by atoms with Crippen molar-refractivity contribution in [1.29, 1.82) is 0 Å². The fourth-order valence-corrected chi connectivity index (χ4v) is 2.90. The van der Waals surface area contributed by atoms with Crippen molar-refractivity contribution in [3.63, 3.8) is 0 Å². The molecule has 1 aliphatic carbocycles. The van der Waals surface area contributed by atoms with Crippen LogP contribution in [0, 0.1) is 0 Å². The van der Waals surface area contributed by atoms with Gasteiger partial charge in [-0.3, -0.25) is 4.79 Å². The second-order valence-corrected chi connectivity index (χ2v) is 6.49. The third-order valence-electron chi connectivity index (χ3n) is 3.14. The molecule has 94 valence electrons. The van der Waals surface area contributed by atoms with Crippen LogP contribution in [-0.4, -0.2) is 11.9 Å². The van der Waals surface area contributed by atoms with Gasteiger partial charge in [-0.2, -0.15) is 0 Å². The number of hydrogen-bond donors (Lipinski definition) is 1. The van der Waals surface area contributed by atoms with E-state index in [1.165, 1.54) is 9.75 Å². The maximum Gasteiger partial charge on any atom is 0.220 e. The minimum atomic E-state index is 0.208. The van der Waals surface area contributed by atoms with Crippen molar-refractivity contribution in [3.05, 3.63) is 21.9 Å². The molecule has 0 bridgehead atoms. The zero-order valence-electron chi connectivity index (χ0n) is 10.8. The van der Waals surface area contributed by atoms with E-state index in [9.17, 15) is 4.79 Å². The molecule has 0 spiro atoms. The zero-order valence-corrected chi connectivity index (χ0v) is 11.6. The van der Waals surface area contributed by atoms with E-state index in [0.29, 0.717) is 24.3 Å². The average molecular weight is 251 g/mol. The van der Waals surface area contributed by atoms with Crippen molar-refractivity contribution in [2.24, 2.45) is 0 Å². The van der Waals surface area contributed by atoms with Gasteiger partial charge in [-0.1, -0.05) is 20.8 Å². The van der Waals surface area contributed by atoms with Crippen LogP contribution in [0.4, 0.5) is 0 Å². The Hall–Kier alpha value is -0.830. The van der Waals surface area contributed by atoms with Crippen LogP contribution in [0.1, 0.15) is 61.6 Å². The van der Waals surface area contributed by atoms with E-state index in [4.69, 9.17) is 0 Å². The summed E-state index contributed by atoms with van der Waals surface area (Å²) in [5.74, 6) is 1.13. The summed E-state index contributed by atoms with van der Waals surface area (Å²) in [5.41, 5.74) is 0. The SMILES string of the molecule is CC(C)c1ccc(C(C)CC(=O)NC2CC2)s1. The highest BCUT2D eigenvalue weighted by Crippen LogP contribution is 2.31. The molecule has 1 atom stereocenters. The quantitative estimate of drug-likeness (QED) is 0.850. The molecule has 1 N–H and O–H groups in total. The summed E-state index contributed by atoms with van der Waals surface area (Å²) in [6.07, 6.45) is 2.95. The maximum absolute atomic E-state index is 11.7. The molecular weight excluding hydrogens is 230 g/mol. The number of thiophene rings is 1. The van der Waals surface area contributed by atoms with Crippen LogP contribution in [0.5, 0.6) is 0 Å². The zero-order chi connectivity index (χ0) is 12.4. The van der Waals surface area contributed by atoms with E-state index in [1.807, 2.05) is 11.3 Å². The molecule has 3 heteroatoms. The van der Waals surface area contributed by atoms with Gasteiger partial charge < -0.3 is 5.32 Å². The molecule has 1 saturated carbocycles. The first-order valence-corrected chi connectivity index (χ1v) is 7.27. The Morgan fingerprint density at radius 1 is 1.35 bits per heavy atom. The molecule has 2 nitrogen and oxygen atoms in total. The normalized spacial score (nSPS) is 17.2. The fraction of sp³-hybridized carbons (Fsp3) is 0.643. The van der Waals surface area contributed by atoms with Gasteiger partial charge in [0, 0.05) is 22.2 Å². The topological polar surface area (TPSA) is 29.1 Å². The molecule has 2 rings (SSSR count). The predicted octanol–water partition coefficient (Wildman–Crippen LogP) is 3.64. The van der Waals surface area contributed by atoms with Gasteiger partial charge in [0.25, 0.3) is 0 Å². The first kappa shape index (κ1) is 12.6. The summed E-state index contributed by atoms with van der Waals surface area (Å²) in [4.78, 5) is 14.5. The van der Waals surface area contributed by atoms with E-state index in [0.717, 1.165) is 12.8 Å². The maximum atomic E-state index is 11.7. The first-order valence-electron chi connectivity index (χ1n) is 6.45. The lowest BCUT2D eigenvalue weighted by Crippen LogP contribution is -2.26. The van der Waals surface area contributed by atoms with Crippen molar-refractivity contribution in [3.8, 4) is 0 Å². The average Bonchev–Trinajstić information content (AvgIpc) is 2.92. The highest BCUT2D eigenvalue weighted by atomic mass is 32.1. The van der Waals surface area contributed by atoms with Crippen LogP contribution in [0.3, 0.4) is 0 Å². The molecule has 1 aliphatic rings. The molecule has 0 aromatic carbocycles. The predicted molar refractivity (Wildman–Crippen MR) is 72.6 cm³/mol. The Morgan fingerprint density at radius 2 is 2.00 bits per heavy atom. The Kier molecular flexibility index (Phi) is 3.87. The number of carbonyl (C=O) groups is 1. The molecule has 1 aromatic rings. The standard InChI is InChI=1S/C14H21NOS/c1-9(2)12-6-7-13(17-12)10(3)8-14(16)15-11-4-5-11/h6-7,9-11H,4-5,8H2,1-3H3,(H,15,16). The summed E-state index contributed by atoms with van der Waals surface area (Å²) in [6.45, 7) is 6.56. The molecule has 0 saturated heterocycles. The van der Waals surface area contributed by atoms with Gasteiger partial charge in [0.1, 0.15) is 0 Å². The van der Waals surface area contributed by atoms with Gasteiger partial charge in [0.2, 0.25) is 5.91 Å². The van der Waals surface area contributed by atoms with E-state index in [1.54, 1.807) is 0 Å². The lowest BCUT2D eigenvalue weighted by molar-refractivity contribution is -0.121. The van der Waals surface area contributed by atoms with Gasteiger partial charge in [-0.15, -0.1) is 11.3 Å². The van der Waals surface area contributed by atoms with Crippen LogP contribution in [0.2, 0.25) is 0 Å². The minimum Gasteiger partial charge on any atom is -0.353 e. The molecule has 17 heavy (non-hydrogen) atoms. The minimum absolute atomic E-state index is 0.208. The Morgan fingerprint density at radius 3 is 2.53 bits per heavy atom. The fourth-order valence-electron chi connectivity index (χ4n) is 1.84. The van der Waals surface area contributed by atoms with Crippen LogP contribution in [0.15, 0.2) is 12.1 Å². The molecular formula is C14H21NOS. The molecule has 0 aliphatic heterocycles. The van der Waals surface area contributed by atoms with Crippen molar-refractivity contribution in [2.45, 2.75) is 57.9 Å². The van der Waals surface area contributed by atoms with Crippen molar-refractivity contribution in [2.75, 3.05) is 0 Å². The highest BCUT2D eigenvalue weighted by molar-refractivity contribution is 7.12. The summed E-state index contributed by atoms with van der Waals surface area (Å²) in [5, 5.41) is 3.05. The lowest BCUT2D eigenvalue weighted by Gasteiger charge is -2.09. The molecule has 1 aromatic heterocycles. The number of hydrogen-bond acceptors (Lipinski definition) is 2. The number of nitrogens with one attached hydrogen (secondary N) is 1. The van der Waals surface area contributed by atoms with E-state index < -0.39 is 0 Å². The Bertz CT molecular complexity index is 393. The van der Waals surface area contributed by atoms with E-state index in [2.05, 4.69) is 38.2 Å². The molecule has 1 fully saturated rings. The Labute approximate surface area is 107 Å². The molecule has 1 heterocycles. The summed E-state index contributed by atoms with van der Waals surface area (Å²) in [7, 11) is 0. The van der Waals surface area contributed by atoms with Crippen LogP contribution >= 0.6 is 11.3 Å². The van der Waals surface area contributed by atoms with Crippen LogP contribution in [-0.2, 0) is 4.79 Å². The highest BCUT2D eigenvalue weighted by Gasteiger charge is 2.24. The Balaban J connectivity index is 1.88. The van der Waals surface area contributed by atoms with E-state index >= 15 is 0 Å². The van der Waals surface area contributed by atoms with E-state index in [-0.39, 0.29) is 5.91 Å². The van der Waals surface area contributed by atoms with Gasteiger partial charge >= 0.3 is 0 Å².